The van der Waals surface area contributed by atoms with E-state index >= 15 is 0 Å². The normalized spacial score (nSPS) is 14.2. The van der Waals surface area contributed by atoms with Gasteiger partial charge in [0.25, 0.3) is 0 Å². The number of hydrogen-bond acceptors (Lipinski definition) is 5. The van der Waals surface area contributed by atoms with E-state index < -0.39 is 5.97 Å². The van der Waals surface area contributed by atoms with Gasteiger partial charge in [0.2, 0.25) is 5.78 Å². The van der Waals surface area contributed by atoms with Gasteiger partial charge in [-0.05, 0) is 67.3 Å². The Morgan fingerprint density at radius 1 is 0.788 bits per heavy atom. The predicted octanol–water partition coefficient (Wildman–Crippen LogP) is 7.20. The highest BCUT2D eigenvalue weighted by atomic mass is 32.2. The summed E-state index contributed by atoms with van der Waals surface area (Å²) in [5.41, 5.74) is 1.26. The van der Waals surface area contributed by atoms with Crippen LogP contribution in [-0.2, 0) is 4.84 Å². The lowest BCUT2D eigenvalue weighted by atomic mass is 9.96. The molecular formula is C28H27NO3S. The van der Waals surface area contributed by atoms with Gasteiger partial charge in [-0.3, -0.25) is 4.79 Å². The highest BCUT2D eigenvalue weighted by Crippen LogP contribution is 2.30. The van der Waals surface area contributed by atoms with E-state index in [0.29, 0.717) is 29.2 Å². The molecule has 168 valence electrons. The summed E-state index contributed by atoms with van der Waals surface area (Å²) in [7, 11) is 0. The van der Waals surface area contributed by atoms with Crippen molar-refractivity contribution in [2.45, 2.75) is 48.3 Å². The van der Waals surface area contributed by atoms with Crippen LogP contribution in [0.25, 0.3) is 0 Å². The molecule has 33 heavy (non-hydrogen) atoms. The zero-order valence-electron chi connectivity index (χ0n) is 18.5. The number of rotatable bonds is 9. The van der Waals surface area contributed by atoms with Crippen LogP contribution < -0.4 is 0 Å². The lowest BCUT2D eigenvalue weighted by molar-refractivity contribution is 0.0514. The average molecular weight is 458 g/mol. The van der Waals surface area contributed by atoms with Crippen molar-refractivity contribution in [3.63, 3.8) is 0 Å². The van der Waals surface area contributed by atoms with Crippen LogP contribution in [-0.4, -0.2) is 17.5 Å². The summed E-state index contributed by atoms with van der Waals surface area (Å²) in [5.74, 6) is -0.140. The van der Waals surface area contributed by atoms with Crippen molar-refractivity contribution >= 4 is 29.2 Å². The van der Waals surface area contributed by atoms with E-state index in [1.165, 1.54) is 25.7 Å². The summed E-state index contributed by atoms with van der Waals surface area (Å²) in [5, 5.41) is 4.04. The Balaban J connectivity index is 1.47. The monoisotopic (exact) mass is 457 g/mol. The molecule has 0 radical (unpaired) electrons. The number of carbonyl (C=O) groups is 2. The minimum absolute atomic E-state index is 0.190. The van der Waals surface area contributed by atoms with Crippen LogP contribution in [0.5, 0.6) is 0 Å². The molecule has 3 aromatic carbocycles. The topological polar surface area (TPSA) is 55.7 Å². The average Bonchev–Trinajstić information content (AvgIpc) is 3.39. The summed E-state index contributed by atoms with van der Waals surface area (Å²) in [6, 6.07) is 26.3. The predicted molar refractivity (Wildman–Crippen MR) is 132 cm³/mol. The molecule has 0 unspecified atom stereocenters. The Hall–Kier alpha value is -3.18. The van der Waals surface area contributed by atoms with E-state index in [1.807, 2.05) is 48.5 Å². The molecule has 1 aliphatic rings. The third-order valence-corrected chi connectivity index (χ3v) is 6.89. The quantitative estimate of drug-likeness (QED) is 0.147. The van der Waals surface area contributed by atoms with E-state index in [4.69, 9.17) is 4.84 Å². The van der Waals surface area contributed by atoms with Gasteiger partial charge in [-0.2, -0.15) is 0 Å². The fourth-order valence-corrected chi connectivity index (χ4v) is 4.87. The molecule has 0 aliphatic heterocycles. The fourth-order valence-electron chi connectivity index (χ4n) is 4.03. The molecule has 5 heteroatoms. The van der Waals surface area contributed by atoms with Crippen molar-refractivity contribution in [2.75, 3.05) is 0 Å². The number of nitrogens with zero attached hydrogens (tertiary/aromatic N) is 1. The lowest BCUT2D eigenvalue weighted by Crippen LogP contribution is -2.17. The highest BCUT2D eigenvalue weighted by Gasteiger charge is 2.21. The van der Waals surface area contributed by atoms with Gasteiger partial charge in [0.1, 0.15) is 5.71 Å². The first-order valence-corrected chi connectivity index (χ1v) is 12.2. The number of oxime groups is 1. The van der Waals surface area contributed by atoms with Gasteiger partial charge in [0.15, 0.2) is 0 Å². The Morgan fingerprint density at radius 3 is 2.06 bits per heavy atom. The van der Waals surface area contributed by atoms with Crippen molar-refractivity contribution < 1.29 is 14.4 Å². The molecule has 1 fully saturated rings. The minimum Gasteiger partial charge on any atom is -0.312 e. The largest absolute Gasteiger partial charge is 0.365 e. The maximum Gasteiger partial charge on any atom is 0.365 e. The van der Waals surface area contributed by atoms with Crippen LogP contribution in [0.4, 0.5) is 0 Å². The Bertz CT molecular complexity index is 1090. The summed E-state index contributed by atoms with van der Waals surface area (Å²) >= 11 is 1.64. The second-order valence-corrected chi connectivity index (χ2v) is 9.39. The van der Waals surface area contributed by atoms with E-state index in [1.54, 1.807) is 36.0 Å². The highest BCUT2D eigenvalue weighted by molar-refractivity contribution is 7.99. The van der Waals surface area contributed by atoms with Crippen molar-refractivity contribution in [3.05, 3.63) is 96.1 Å². The number of carbonyl (C=O) groups excluding carboxylic acids is 2. The number of ketones is 1. The first kappa shape index (κ1) is 23.0. The summed E-state index contributed by atoms with van der Waals surface area (Å²) in [4.78, 5) is 33.0. The number of hydrogen-bond donors (Lipinski definition) is 0. The third-order valence-electron chi connectivity index (χ3n) is 5.87. The SMILES string of the molecule is O=C(O/N=C(\CCC1CCCC1)C(=O)c1ccc(Sc2ccccc2)cc1)c1ccccc1. The number of benzene rings is 3. The molecule has 0 heterocycles. The molecule has 0 amide bonds. The summed E-state index contributed by atoms with van der Waals surface area (Å²) in [6.07, 6.45) is 6.26. The van der Waals surface area contributed by atoms with Gasteiger partial charge in [0, 0.05) is 15.4 Å². The fraction of sp³-hybridized carbons (Fsp3) is 0.250. The molecule has 0 aromatic heterocycles. The van der Waals surface area contributed by atoms with Crippen LogP contribution in [0.15, 0.2) is 99.9 Å². The zero-order chi connectivity index (χ0) is 22.9. The molecule has 0 saturated heterocycles. The summed E-state index contributed by atoms with van der Waals surface area (Å²) in [6.45, 7) is 0. The Labute approximate surface area is 199 Å². The molecule has 0 N–H and O–H groups in total. The molecular weight excluding hydrogens is 430 g/mol. The lowest BCUT2D eigenvalue weighted by Gasteiger charge is -2.10. The third kappa shape index (κ3) is 6.65. The van der Waals surface area contributed by atoms with Crippen molar-refractivity contribution in [1.82, 2.24) is 0 Å². The van der Waals surface area contributed by atoms with E-state index in [9.17, 15) is 9.59 Å². The van der Waals surface area contributed by atoms with E-state index in [2.05, 4.69) is 17.3 Å². The van der Waals surface area contributed by atoms with Gasteiger partial charge in [-0.25, -0.2) is 4.79 Å². The van der Waals surface area contributed by atoms with Crippen LogP contribution in [0.3, 0.4) is 0 Å². The van der Waals surface area contributed by atoms with Crippen molar-refractivity contribution in [2.24, 2.45) is 11.1 Å². The van der Waals surface area contributed by atoms with Crippen LogP contribution in [0.1, 0.15) is 59.2 Å². The van der Waals surface area contributed by atoms with E-state index in [0.717, 1.165) is 16.2 Å². The van der Waals surface area contributed by atoms with E-state index in [-0.39, 0.29) is 5.78 Å². The van der Waals surface area contributed by atoms with Gasteiger partial charge in [-0.15, -0.1) is 0 Å². The Morgan fingerprint density at radius 2 is 1.39 bits per heavy atom. The molecule has 3 aromatic rings. The minimum atomic E-state index is -0.559. The molecule has 0 bridgehead atoms. The van der Waals surface area contributed by atoms with Gasteiger partial charge in [0.05, 0.1) is 5.56 Å². The van der Waals surface area contributed by atoms with Crippen LogP contribution >= 0.6 is 11.8 Å². The molecule has 1 aliphatic carbocycles. The van der Waals surface area contributed by atoms with Crippen molar-refractivity contribution in [1.29, 1.82) is 0 Å². The zero-order valence-corrected chi connectivity index (χ0v) is 19.3. The maximum absolute atomic E-state index is 13.2. The molecule has 4 rings (SSSR count). The maximum atomic E-state index is 13.2. The first-order valence-electron chi connectivity index (χ1n) is 11.4. The molecule has 0 atom stereocenters. The van der Waals surface area contributed by atoms with Crippen LogP contribution in [0, 0.1) is 5.92 Å². The Kier molecular flexibility index (Phi) is 8.09. The second kappa shape index (κ2) is 11.6. The number of Topliss-reactive ketones (excluding diaryl/α,β-unsaturated/α-hetero) is 1. The smallest absolute Gasteiger partial charge is 0.312 e. The van der Waals surface area contributed by atoms with Crippen LogP contribution in [0.2, 0.25) is 0 Å². The van der Waals surface area contributed by atoms with Crippen molar-refractivity contribution in [3.8, 4) is 0 Å². The second-order valence-electron chi connectivity index (χ2n) is 8.24. The van der Waals surface area contributed by atoms with Gasteiger partial charge < -0.3 is 4.84 Å². The van der Waals surface area contributed by atoms with Gasteiger partial charge >= 0.3 is 5.97 Å². The molecule has 1 saturated carbocycles. The molecule has 0 spiro atoms. The van der Waals surface area contributed by atoms with Gasteiger partial charge in [-0.1, -0.05) is 79.0 Å². The standard InChI is InChI=1S/C28H27NO3S/c30-27(22-16-18-25(19-17-22)33-24-13-5-2-6-14-24)26(20-15-21-9-7-8-10-21)29-32-28(31)23-11-3-1-4-12-23/h1-6,11-14,16-19,21H,7-10,15,20H2/b29-26+. The summed E-state index contributed by atoms with van der Waals surface area (Å²) < 4.78 is 0. The first-order chi connectivity index (χ1) is 16.2. The molecule has 4 nitrogen and oxygen atoms in total.